The van der Waals surface area contributed by atoms with Crippen LogP contribution < -0.4 is 5.73 Å². The number of ether oxygens (including phenoxy) is 1. The smallest absolute Gasteiger partial charge is 0.410 e. The molecule has 1 rings (SSSR count). The minimum atomic E-state index is -0.410. The molecule has 0 radical (unpaired) electrons. The van der Waals surface area contributed by atoms with E-state index in [4.69, 9.17) is 10.5 Å². The molecule has 1 aliphatic heterocycles. The average molecular weight is 242 g/mol. The first-order valence-electron chi connectivity index (χ1n) is 6.57. The molecule has 0 spiro atoms. The zero-order chi connectivity index (χ0) is 13.1. The molecule has 1 heterocycles. The number of likely N-dealkylation sites (tertiary alicyclic amines) is 1. The number of nitrogens with zero attached hydrogens (tertiary/aromatic N) is 1. The molecular weight excluding hydrogens is 216 g/mol. The molecule has 2 N–H and O–H groups in total. The Morgan fingerprint density at radius 3 is 2.53 bits per heavy atom. The zero-order valence-corrected chi connectivity index (χ0v) is 11.5. The van der Waals surface area contributed by atoms with Crippen molar-refractivity contribution in [3.8, 4) is 0 Å². The third kappa shape index (κ3) is 4.54. The molecule has 1 atom stereocenters. The Balaban J connectivity index is 2.24. The highest BCUT2D eigenvalue weighted by Crippen LogP contribution is 2.23. The number of unbranched alkanes of at least 4 members (excludes halogenated alkanes) is 1. The fourth-order valence-electron chi connectivity index (χ4n) is 1.93. The maximum absolute atomic E-state index is 11.7. The van der Waals surface area contributed by atoms with Crippen molar-refractivity contribution in [2.45, 2.75) is 58.6 Å². The predicted octanol–water partition coefficient (Wildman–Crippen LogP) is 2.37. The second-order valence-electron chi connectivity index (χ2n) is 5.95. The van der Waals surface area contributed by atoms with Crippen molar-refractivity contribution >= 4 is 6.09 Å². The van der Waals surface area contributed by atoms with Gasteiger partial charge in [-0.3, -0.25) is 0 Å². The summed E-state index contributed by atoms with van der Waals surface area (Å²) in [6.07, 6.45) is 3.19. The van der Waals surface area contributed by atoms with E-state index in [0.717, 1.165) is 19.5 Å². The number of rotatable bonds is 4. The Bertz CT molecular complexity index is 255. The number of carbonyl (C=O) groups is 1. The number of nitrogens with two attached hydrogens (primary N) is 1. The quantitative estimate of drug-likeness (QED) is 0.823. The Hall–Kier alpha value is -0.770. The van der Waals surface area contributed by atoms with Crippen molar-refractivity contribution < 1.29 is 9.53 Å². The molecule has 1 aliphatic rings. The van der Waals surface area contributed by atoms with Gasteiger partial charge in [-0.25, -0.2) is 4.79 Å². The van der Waals surface area contributed by atoms with Crippen molar-refractivity contribution in [2.75, 3.05) is 13.1 Å². The summed E-state index contributed by atoms with van der Waals surface area (Å²) < 4.78 is 5.30. The van der Waals surface area contributed by atoms with E-state index in [0.29, 0.717) is 5.92 Å². The van der Waals surface area contributed by atoms with Gasteiger partial charge in [-0.1, -0.05) is 19.8 Å². The van der Waals surface area contributed by atoms with Crippen molar-refractivity contribution in [1.29, 1.82) is 0 Å². The van der Waals surface area contributed by atoms with Crippen LogP contribution in [0.3, 0.4) is 0 Å². The molecule has 17 heavy (non-hydrogen) atoms. The molecule has 0 aliphatic carbocycles. The number of hydrogen-bond acceptors (Lipinski definition) is 3. The van der Waals surface area contributed by atoms with Gasteiger partial charge in [-0.05, 0) is 27.2 Å². The van der Waals surface area contributed by atoms with Crippen molar-refractivity contribution in [2.24, 2.45) is 11.7 Å². The molecule has 4 heteroatoms. The van der Waals surface area contributed by atoms with Crippen LogP contribution in [0.25, 0.3) is 0 Å². The first-order chi connectivity index (χ1) is 7.83. The van der Waals surface area contributed by atoms with E-state index in [1.54, 1.807) is 4.90 Å². The number of carbonyl (C=O) groups excluding carboxylic acids is 1. The maximum Gasteiger partial charge on any atom is 0.410 e. The Morgan fingerprint density at radius 1 is 1.47 bits per heavy atom. The maximum atomic E-state index is 11.7. The zero-order valence-electron chi connectivity index (χ0n) is 11.5. The van der Waals surface area contributed by atoms with Gasteiger partial charge in [0, 0.05) is 25.0 Å². The predicted molar refractivity (Wildman–Crippen MR) is 68.8 cm³/mol. The lowest BCUT2D eigenvalue weighted by molar-refractivity contribution is -0.00509. The second-order valence-corrected chi connectivity index (χ2v) is 5.95. The van der Waals surface area contributed by atoms with Crippen molar-refractivity contribution in [3.63, 3.8) is 0 Å². The van der Waals surface area contributed by atoms with Crippen LogP contribution in [0, 0.1) is 5.92 Å². The molecule has 0 aromatic heterocycles. The van der Waals surface area contributed by atoms with Crippen LogP contribution in [-0.4, -0.2) is 35.7 Å². The van der Waals surface area contributed by atoms with Crippen LogP contribution >= 0.6 is 0 Å². The first-order valence-corrected chi connectivity index (χ1v) is 6.57. The van der Waals surface area contributed by atoms with Gasteiger partial charge in [0.2, 0.25) is 0 Å². The van der Waals surface area contributed by atoms with Crippen LogP contribution in [0.4, 0.5) is 4.79 Å². The molecule has 0 unspecified atom stereocenters. The van der Waals surface area contributed by atoms with E-state index >= 15 is 0 Å². The van der Waals surface area contributed by atoms with E-state index in [2.05, 4.69) is 6.92 Å². The minimum Gasteiger partial charge on any atom is -0.444 e. The number of hydrogen-bond donors (Lipinski definition) is 1. The summed E-state index contributed by atoms with van der Waals surface area (Å²) in [6.45, 7) is 9.32. The van der Waals surface area contributed by atoms with Crippen LogP contribution in [0.15, 0.2) is 0 Å². The standard InChI is InChI=1S/C13H26N2O2/c1-5-6-7-11(14)10-8-15(9-10)12(16)17-13(2,3)4/h10-11H,5-9,14H2,1-4H3/t11-/m0/s1. The lowest BCUT2D eigenvalue weighted by Gasteiger charge is -2.42. The largest absolute Gasteiger partial charge is 0.444 e. The Morgan fingerprint density at radius 2 is 2.06 bits per heavy atom. The molecule has 0 saturated carbocycles. The molecule has 0 aromatic carbocycles. The van der Waals surface area contributed by atoms with Crippen LogP contribution in [0.2, 0.25) is 0 Å². The summed E-state index contributed by atoms with van der Waals surface area (Å²) >= 11 is 0. The summed E-state index contributed by atoms with van der Waals surface area (Å²) in [7, 11) is 0. The first kappa shape index (κ1) is 14.3. The van der Waals surface area contributed by atoms with Crippen LogP contribution in [0.1, 0.15) is 47.0 Å². The molecule has 1 fully saturated rings. The van der Waals surface area contributed by atoms with Gasteiger partial charge in [0.1, 0.15) is 5.60 Å². The van der Waals surface area contributed by atoms with Crippen molar-refractivity contribution in [1.82, 2.24) is 4.90 Å². The van der Waals surface area contributed by atoms with Gasteiger partial charge < -0.3 is 15.4 Å². The summed E-state index contributed by atoms with van der Waals surface area (Å²) in [4.78, 5) is 13.4. The SMILES string of the molecule is CCCC[C@H](N)C1CN(C(=O)OC(C)(C)C)C1. The molecule has 100 valence electrons. The molecule has 0 aromatic rings. The third-order valence-corrected chi connectivity index (χ3v) is 3.06. The Labute approximate surface area is 104 Å². The van der Waals surface area contributed by atoms with Gasteiger partial charge in [-0.15, -0.1) is 0 Å². The van der Waals surface area contributed by atoms with Gasteiger partial charge >= 0.3 is 6.09 Å². The highest BCUT2D eigenvalue weighted by atomic mass is 16.6. The van der Waals surface area contributed by atoms with E-state index < -0.39 is 5.60 Å². The van der Waals surface area contributed by atoms with E-state index in [9.17, 15) is 4.79 Å². The van der Waals surface area contributed by atoms with Crippen molar-refractivity contribution in [3.05, 3.63) is 0 Å². The van der Waals surface area contributed by atoms with Crippen LogP contribution in [-0.2, 0) is 4.74 Å². The summed E-state index contributed by atoms with van der Waals surface area (Å²) in [6, 6.07) is 0.230. The molecular formula is C13H26N2O2. The van der Waals surface area contributed by atoms with Gasteiger partial charge in [0.15, 0.2) is 0 Å². The topological polar surface area (TPSA) is 55.6 Å². The van der Waals surface area contributed by atoms with Gasteiger partial charge in [0.25, 0.3) is 0 Å². The fourth-order valence-corrected chi connectivity index (χ4v) is 1.93. The highest BCUT2D eigenvalue weighted by Gasteiger charge is 2.36. The van der Waals surface area contributed by atoms with E-state index in [-0.39, 0.29) is 12.1 Å². The summed E-state index contributed by atoms with van der Waals surface area (Å²) in [5, 5.41) is 0. The van der Waals surface area contributed by atoms with Gasteiger partial charge in [-0.2, -0.15) is 0 Å². The average Bonchev–Trinajstić information content (AvgIpc) is 2.09. The lowest BCUT2D eigenvalue weighted by atomic mass is 9.89. The molecule has 4 nitrogen and oxygen atoms in total. The minimum absolute atomic E-state index is 0.212. The van der Waals surface area contributed by atoms with Gasteiger partial charge in [0.05, 0.1) is 0 Å². The second kappa shape index (κ2) is 5.71. The van der Waals surface area contributed by atoms with Crippen LogP contribution in [0.5, 0.6) is 0 Å². The number of amides is 1. The van der Waals surface area contributed by atoms with E-state index in [1.165, 1.54) is 12.8 Å². The monoisotopic (exact) mass is 242 g/mol. The summed E-state index contributed by atoms with van der Waals surface area (Å²) in [5.41, 5.74) is 5.67. The molecule has 0 bridgehead atoms. The normalized spacial score (nSPS) is 18.8. The molecule has 1 saturated heterocycles. The molecule has 1 amide bonds. The third-order valence-electron chi connectivity index (χ3n) is 3.06. The van der Waals surface area contributed by atoms with E-state index in [1.807, 2.05) is 20.8 Å². The Kier molecular flexibility index (Phi) is 4.80. The highest BCUT2D eigenvalue weighted by molar-refractivity contribution is 5.69. The fraction of sp³-hybridized carbons (Fsp3) is 0.923. The summed E-state index contributed by atoms with van der Waals surface area (Å²) in [5.74, 6) is 0.453. The lowest BCUT2D eigenvalue weighted by Crippen LogP contribution is -2.57.